The summed E-state index contributed by atoms with van der Waals surface area (Å²) in [5.41, 5.74) is 0.850. The summed E-state index contributed by atoms with van der Waals surface area (Å²) >= 11 is 5.83. The van der Waals surface area contributed by atoms with Gasteiger partial charge in [-0.1, -0.05) is 37.3 Å². The first-order chi connectivity index (χ1) is 10.5. The number of hydrogen-bond acceptors (Lipinski definition) is 2. The van der Waals surface area contributed by atoms with Crippen molar-refractivity contribution in [1.29, 1.82) is 0 Å². The molecule has 0 heterocycles. The lowest BCUT2D eigenvalue weighted by molar-refractivity contribution is -0.137. The number of aliphatic carboxylic acids is 1. The largest absolute Gasteiger partial charge is 0.481 e. The zero-order chi connectivity index (χ0) is 16.4. The molecule has 1 amide bonds. The van der Waals surface area contributed by atoms with E-state index >= 15 is 0 Å². The highest BCUT2D eigenvalue weighted by Crippen LogP contribution is 2.18. The summed E-state index contributed by atoms with van der Waals surface area (Å²) in [5, 5.41) is 9.19. The summed E-state index contributed by atoms with van der Waals surface area (Å²) in [6, 6.07) is 7.22. The van der Waals surface area contributed by atoms with Gasteiger partial charge < -0.3 is 10.0 Å². The molecule has 0 aliphatic carbocycles. The molecule has 0 fully saturated rings. The highest BCUT2D eigenvalue weighted by molar-refractivity contribution is 6.30. The molecule has 0 saturated heterocycles. The molecule has 0 saturated carbocycles. The van der Waals surface area contributed by atoms with Crippen LogP contribution in [-0.4, -0.2) is 24.0 Å². The van der Waals surface area contributed by atoms with Crippen molar-refractivity contribution in [1.82, 2.24) is 0 Å². The van der Waals surface area contributed by atoms with E-state index in [2.05, 4.69) is 0 Å². The number of carbonyl (C=O) groups is 2. The van der Waals surface area contributed by atoms with Gasteiger partial charge in [0.05, 0.1) is 0 Å². The number of hydrogen-bond donors (Lipinski definition) is 1. The van der Waals surface area contributed by atoms with Gasteiger partial charge in [-0.15, -0.1) is 0 Å². The van der Waals surface area contributed by atoms with E-state index in [1.165, 1.54) is 0 Å². The van der Waals surface area contributed by atoms with Crippen molar-refractivity contribution < 1.29 is 14.7 Å². The molecule has 1 aromatic rings. The van der Waals surface area contributed by atoms with Gasteiger partial charge in [0.2, 0.25) is 5.91 Å². The number of rotatable bonds is 10. The summed E-state index contributed by atoms with van der Waals surface area (Å²) in [7, 11) is 1.78. The minimum absolute atomic E-state index is 0.105. The standard InChI is InChI=1S/C17H24ClNO3/c1-19(15-12-10-14(18)11-13-15)16(20)8-6-4-2-3-5-7-9-17(21)22/h10-13H,2-9H2,1H3,(H,21,22). The second kappa shape index (κ2) is 10.2. The minimum atomic E-state index is -0.726. The molecule has 0 aliphatic heterocycles. The summed E-state index contributed by atoms with van der Waals surface area (Å²) in [6.45, 7) is 0. The van der Waals surface area contributed by atoms with Gasteiger partial charge in [-0.2, -0.15) is 0 Å². The van der Waals surface area contributed by atoms with Crippen LogP contribution in [0.1, 0.15) is 51.4 Å². The smallest absolute Gasteiger partial charge is 0.303 e. The number of carboxylic acid groups (broad SMARTS) is 1. The van der Waals surface area contributed by atoms with Crippen LogP contribution in [0.25, 0.3) is 0 Å². The number of benzene rings is 1. The van der Waals surface area contributed by atoms with Crippen LogP contribution in [-0.2, 0) is 9.59 Å². The van der Waals surface area contributed by atoms with E-state index in [-0.39, 0.29) is 12.3 Å². The third-order valence-electron chi connectivity index (χ3n) is 3.62. The van der Waals surface area contributed by atoms with E-state index in [1.54, 1.807) is 24.1 Å². The van der Waals surface area contributed by atoms with Crippen molar-refractivity contribution in [2.75, 3.05) is 11.9 Å². The summed E-state index contributed by atoms with van der Waals surface area (Å²) in [6.07, 6.45) is 6.45. The van der Waals surface area contributed by atoms with Crippen molar-refractivity contribution in [2.45, 2.75) is 51.4 Å². The zero-order valence-electron chi connectivity index (χ0n) is 13.1. The van der Waals surface area contributed by atoms with Crippen molar-refractivity contribution >= 4 is 29.2 Å². The normalized spacial score (nSPS) is 10.5. The van der Waals surface area contributed by atoms with Gasteiger partial charge in [-0.3, -0.25) is 9.59 Å². The van der Waals surface area contributed by atoms with Crippen molar-refractivity contribution in [2.24, 2.45) is 0 Å². The number of carboxylic acids is 1. The molecular formula is C17H24ClNO3. The van der Waals surface area contributed by atoms with Crippen LogP contribution in [0.5, 0.6) is 0 Å². The number of unbranched alkanes of at least 4 members (excludes halogenated alkanes) is 5. The van der Waals surface area contributed by atoms with E-state index in [9.17, 15) is 9.59 Å². The molecule has 0 unspecified atom stereocenters. The van der Waals surface area contributed by atoms with E-state index in [0.717, 1.165) is 44.2 Å². The first-order valence-corrected chi connectivity index (χ1v) is 8.12. The lowest BCUT2D eigenvalue weighted by Gasteiger charge is -2.17. The lowest BCUT2D eigenvalue weighted by Crippen LogP contribution is -2.25. The Morgan fingerprint density at radius 3 is 2.00 bits per heavy atom. The second-order valence-corrected chi connectivity index (χ2v) is 5.88. The van der Waals surface area contributed by atoms with Crippen LogP contribution < -0.4 is 4.90 Å². The fourth-order valence-corrected chi connectivity index (χ4v) is 2.36. The first kappa shape index (κ1) is 18.5. The van der Waals surface area contributed by atoms with E-state index in [1.807, 2.05) is 12.1 Å². The molecule has 122 valence electrons. The molecule has 4 nitrogen and oxygen atoms in total. The van der Waals surface area contributed by atoms with Gasteiger partial charge in [-0.25, -0.2) is 0 Å². The molecule has 1 rings (SSSR count). The molecule has 1 N–H and O–H groups in total. The third kappa shape index (κ3) is 7.46. The van der Waals surface area contributed by atoms with Gasteiger partial charge in [0, 0.05) is 30.6 Å². The molecular weight excluding hydrogens is 302 g/mol. The van der Waals surface area contributed by atoms with Crippen molar-refractivity contribution in [3.63, 3.8) is 0 Å². The average Bonchev–Trinajstić information content (AvgIpc) is 2.49. The second-order valence-electron chi connectivity index (χ2n) is 5.44. The van der Waals surface area contributed by atoms with Crippen LogP contribution in [0, 0.1) is 0 Å². The Morgan fingerprint density at radius 1 is 0.955 bits per heavy atom. The topological polar surface area (TPSA) is 57.6 Å². The monoisotopic (exact) mass is 325 g/mol. The van der Waals surface area contributed by atoms with Gasteiger partial charge in [-0.05, 0) is 37.1 Å². The minimum Gasteiger partial charge on any atom is -0.481 e. The molecule has 0 aromatic heterocycles. The number of anilines is 1. The van der Waals surface area contributed by atoms with E-state index in [0.29, 0.717) is 11.4 Å². The van der Waals surface area contributed by atoms with E-state index < -0.39 is 5.97 Å². The van der Waals surface area contributed by atoms with Gasteiger partial charge in [0.25, 0.3) is 0 Å². The highest BCUT2D eigenvalue weighted by atomic mass is 35.5. The van der Waals surface area contributed by atoms with Crippen LogP contribution in [0.15, 0.2) is 24.3 Å². The Kier molecular flexibility index (Phi) is 8.60. The molecule has 0 spiro atoms. The summed E-state index contributed by atoms with van der Waals surface area (Å²) in [5.74, 6) is -0.621. The van der Waals surface area contributed by atoms with E-state index in [4.69, 9.17) is 16.7 Å². The molecule has 5 heteroatoms. The average molecular weight is 326 g/mol. The van der Waals surface area contributed by atoms with Crippen LogP contribution in [0.2, 0.25) is 5.02 Å². The summed E-state index contributed by atoms with van der Waals surface area (Å²) in [4.78, 5) is 24.1. The Balaban J connectivity index is 2.12. The SMILES string of the molecule is CN(C(=O)CCCCCCCCC(=O)O)c1ccc(Cl)cc1. The maximum absolute atomic E-state index is 12.1. The van der Waals surface area contributed by atoms with Crippen LogP contribution in [0.3, 0.4) is 0 Å². The number of amides is 1. The Hall–Kier alpha value is -1.55. The Morgan fingerprint density at radius 2 is 1.45 bits per heavy atom. The van der Waals surface area contributed by atoms with Crippen molar-refractivity contribution in [3.05, 3.63) is 29.3 Å². The van der Waals surface area contributed by atoms with Crippen molar-refractivity contribution in [3.8, 4) is 0 Å². The maximum atomic E-state index is 12.1. The van der Waals surface area contributed by atoms with Gasteiger partial charge >= 0.3 is 5.97 Å². The molecule has 0 atom stereocenters. The predicted molar refractivity (Wildman–Crippen MR) is 89.4 cm³/mol. The molecule has 0 aliphatic rings. The molecule has 0 bridgehead atoms. The molecule has 22 heavy (non-hydrogen) atoms. The van der Waals surface area contributed by atoms with Crippen LogP contribution in [0.4, 0.5) is 5.69 Å². The zero-order valence-corrected chi connectivity index (χ0v) is 13.8. The number of halogens is 1. The number of carbonyl (C=O) groups excluding carboxylic acids is 1. The first-order valence-electron chi connectivity index (χ1n) is 7.74. The van der Waals surface area contributed by atoms with Gasteiger partial charge in [0.1, 0.15) is 0 Å². The molecule has 1 aromatic carbocycles. The summed E-state index contributed by atoms with van der Waals surface area (Å²) < 4.78 is 0. The van der Waals surface area contributed by atoms with Gasteiger partial charge in [0.15, 0.2) is 0 Å². The Bertz CT molecular complexity index is 473. The quantitative estimate of drug-likeness (QED) is 0.644. The third-order valence-corrected chi connectivity index (χ3v) is 3.87. The number of nitrogens with zero attached hydrogens (tertiary/aromatic N) is 1. The fraction of sp³-hybridized carbons (Fsp3) is 0.529. The maximum Gasteiger partial charge on any atom is 0.303 e. The van der Waals surface area contributed by atoms with Crippen LogP contribution >= 0.6 is 11.6 Å². The Labute approximate surface area is 137 Å². The fourth-order valence-electron chi connectivity index (χ4n) is 2.24. The lowest BCUT2D eigenvalue weighted by atomic mass is 10.1. The highest BCUT2D eigenvalue weighted by Gasteiger charge is 2.10. The predicted octanol–water partition coefficient (Wildman–Crippen LogP) is 4.51. The molecule has 0 radical (unpaired) electrons.